The molecule has 0 bridgehead atoms. The van der Waals surface area contributed by atoms with Gasteiger partial charge < -0.3 is 10.4 Å². The first kappa shape index (κ1) is 14.6. The number of benzene rings is 2. The molecule has 0 radical (unpaired) electrons. The summed E-state index contributed by atoms with van der Waals surface area (Å²) in [7, 11) is 0. The second-order valence-corrected chi connectivity index (χ2v) is 5.62. The van der Waals surface area contributed by atoms with Gasteiger partial charge in [0.05, 0.1) is 6.42 Å². The van der Waals surface area contributed by atoms with Crippen molar-refractivity contribution >= 4 is 27.6 Å². The van der Waals surface area contributed by atoms with Gasteiger partial charge in [-0.3, -0.25) is 4.79 Å². The lowest BCUT2D eigenvalue weighted by molar-refractivity contribution is -0.136. The Balaban J connectivity index is 2.00. The van der Waals surface area contributed by atoms with Gasteiger partial charge in [0.2, 0.25) is 0 Å². The Morgan fingerprint density at radius 3 is 2.45 bits per heavy atom. The van der Waals surface area contributed by atoms with E-state index in [4.69, 9.17) is 5.11 Å². The van der Waals surface area contributed by atoms with E-state index in [2.05, 4.69) is 34.2 Å². The van der Waals surface area contributed by atoms with E-state index in [1.54, 1.807) is 0 Å². The van der Waals surface area contributed by atoms with E-state index in [9.17, 15) is 4.79 Å². The maximum atomic E-state index is 10.6. The number of carboxylic acid groups (broad SMARTS) is 1. The van der Waals surface area contributed by atoms with Crippen LogP contribution < -0.4 is 5.32 Å². The van der Waals surface area contributed by atoms with Crippen LogP contribution in [0.5, 0.6) is 0 Å². The van der Waals surface area contributed by atoms with Crippen LogP contribution in [-0.4, -0.2) is 11.1 Å². The van der Waals surface area contributed by atoms with Crippen LogP contribution in [0.25, 0.3) is 0 Å². The largest absolute Gasteiger partial charge is 0.481 e. The predicted molar refractivity (Wildman–Crippen MR) is 84.0 cm³/mol. The first-order valence-electron chi connectivity index (χ1n) is 6.34. The summed E-state index contributed by atoms with van der Waals surface area (Å²) >= 11 is 3.46. The molecule has 0 saturated carbocycles. The lowest BCUT2D eigenvalue weighted by Gasteiger charge is -2.10. The molecule has 0 atom stereocenters. The van der Waals surface area contributed by atoms with Gasteiger partial charge in [0, 0.05) is 16.7 Å². The molecule has 0 fully saturated rings. The van der Waals surface area contributed by atoms with Crippen LogP contribution in [-0.2, 0) is 17.8 Å². The lowest BCUT2D eigenvalue weighted by atomic mass is 10.1. The third-order valence-electron chi connectivity index (χ3n) is 3.06. The first-order chi connectivity index (χ1) is 9.54. The average Bonchev–Trinajstić information content (AvgIpc) is 2.41. The minimum absolute atomic E-state index is 0.0679. The zero-order chi connectivity index (χ0) is 14.5. The van der Waals surface area contributed by atoms with E-state index in [0.29, 0.717) is 6.54 Å². The maximum Gasteiger partial charge on any atom is 0.307 e. The molecule has 20 heavy (non-hydrogen) atoms. The van der Waals surface area contributed by atoms with Crippen molar-refractivity contribution in [3.05, 3.63) is 63.6 Å². The van der Waals surface area contributed by atoms with Gasteiger partial charge in [0.15, 0.2) is 0 Å². The van der Waals surface area contributed by atoms with Crippen molar-refractivity contribution in [2.24, 2.45) is 0 Å². The standard InChI is InChI=1S/C16H16BrNO2/c1-11-2-7-14(17)9-15(11)18-10-13-5-3-12(4-6-13)8-16(19)20/h2-7,9,18H,8,10H2,1H3,(H,19,20). The SMILES string of the molecule is Cc1ccc(Br)cc1NCc1ccc(CC(=O)O)cc1. The quantitative estimate of drug-likeness (QED) is 0.869. The second kappa shape index (κ2) is 6.57. The van der Waals surface area contributed by atoms with Crippen molar-refractivity contribution in [3.8, 4) is 0 Å². The number of nitrogens with one attached hydrogen (secondary N) is 1. The van der Waals surface area contributed by atoms with Crippen molar-refractivity contribution < 1.29 is 9.90 Å². The topological polar surface area (TPSA) is 49.3 Å². The molecule has 2 N–H and O–H groups in total. The molecule has 104 valence electrons. The lowest BCUT2D eigenvalue weighted by Crippen LogP contribution is -2.02. The summed E-state index contributed by atoms with van der Waals surface area (Å²) in [4.78, 5) is 10.6. The third kappa shape index (κ3) is 4.10. The Labute approximate surface area is 126 Å². The van der Waals surface area contributed by atoms with E-state index in [1.165, 1.54) is 5.56 Å². The van der Waals surface area contributed by atoms with Gasteiger partial charge in [-0.05, 0) is 35.7 Å². The third-order valence-corrected chi connectivity index (χ3v) is 3.55. The normalized spacial score (nSPS) is 10.3. The van der Waals surface area contributed by atoms with Crippen molar-refractivity contribution in [2.75, 3.05) is 5.32 Å². The Kier molecular flexibility index (Phi) is 4.79. The van der Waals surface area contributed by atoms with Gasteiger partial charge in [0.25, 0.3) is 0 Å². The number of carbonyl (C=O) groups is 1. The fraction of sp³-hybridized carbons (Fsp3) is 0.188. The highest BCUT2D eigenvalue weighted by molar-refractivity contribution is 9.10. The van der Waals surface area contributed by atoms with E-state index in [1.807, 2.05) is 36.4 Å². The summed E-state index contributed by atoms with van der Waals surface area (Å²) in [5, 5.41) is 12.1. The molecule has 0 saturated heterocycles. The number of aliphatic carboxylic acids is 1. The highest BCUT2D eigenvalue weighted by atomic mass is 79.9. The molecule has 2 aromatic carbocycles. The van der Waals surface area contributed by atoms with Gasteiger partial charge in [0.1, 0.15) is 0 Å². The number of anilines is 1. The summed E-state index contributed by atoms with van der Waals surface area (Å²) in [5.41, 5.74) is 4.23. The van der Waals surface area contributed by atoms with Crippen molar-refractivity contribution in [3.63, 3.8) is 0 Å². The average molecular weight is 334 g/mol. The van der Waals surface area contributed by atoms with Gasteiger partial charge in [-0.1, -0.05) is 46.3 Å². The maximum absolute atomic E-state index is 10.6. The van der Waals surface area contributed by atoms with Gasteiger partial charge in [-0.25, -0.2) is 0 Å². The first-order valence-corrected chi connectivity index (χ1v) is 7.13. The predicted octanol–water partition coefficient (Wildman–Crippen LogP) is 4.00. The zero-order valence-electron chi connectivity index (χ0n) is 11.2. The number of hydrogen-bond donors (Lipinski definition) is 2. The fourth-order valence-corrected chi connectivity index (χ4v) is 2.29. The molecule has 3 nitrogen and oxygen atoms in total. The minimum atomic E-state index is -0.805. The molecule has 0 spiro atoms. The van der Waals surface area contributed by atoms with Crippen LogP contribution in [0.2, 0.25) is 0 Å². The molecule has 2 rings (SSSR count). The van der Waals surface area contributed by atoms with Crippen LogP contribution in [0.15, 0.2) is 46.9 Å². The molecule has 0 heterocycles. The van der Waals surface area contributed by atoms with Crippen molar-refractivity contribution in [1.29, 1.82) is 0 Å². The molecule has 2 aromatic rings. The smallest absolute Gasteiger partial charge is 0.307 e. The molecule has 0 aromatic heterocycles. The van der Waals surface area contributed by atoms with Crippen LogP contribution in [0.3, 0.4) is 0 Å². The summed E-state index contributed by atoms with van der Waals surface area (Å²) in [6.07, 6.45) is 0.0679. The minimum Gasteiger partial charge on any atom is -0.481 e. The van der Waals surface area contributed by atoms with Gasteiger partial charge in [-0.15, -0.1) is 0 Å². The van der Waals surface area contributed by atoms with E-state index in [0.717, 1.165) is 21.3 Å². The van der Waals surface area contributed by atoms with Crippen LogP contribution in [0.4, 0.5) is 5.69 Å². The van der Waals surface area contributed by atoms with Gasteiger partial charge in [-0.2, -0.15) is 0 Å². The fourth-order valence-electron chi connectivity index (χ4n) is 1.93. The number of carboxylic acids is 1. The molecule has 0 aliphatic heterocycles. The molecule has 0 amide bonds. The van der Waals surface area contributed by atoms with Crippen molar-refractivity contribution in [1.82, 2.24) is 0 Å². The van der Waals surface area contributed by atoms with Crippen LogP contribution in [0.1, 0.15) is 16.7 Å². The number of rotatable bonds is 5. The zero-order valence-corrected chi connectivity index (χ0v) is 12.8. The number of hydrogen-bond acceptors (Lipinski definition) is 2. The van der Waals surface area contributed by atoms with Gasteiger partial charge >= 0.3 is 5.97 Å². The number of halogens is 1. The Bertz CT molecular complexity index is 608. The Hall–Kier alpha value is -1.81. The number of aryl methyl sites for hydroxylation is 1. The molecular formula is C16H16BrNO2. The highest BCUT2D eigenvalue weighted by Gasteiger charge is 2.02. The monoisotopic (exact) mass is 333 g/mol. The summed E-state index contributed by atoms with van der Waals surface area (Å²) in [5.74, 6) is -0.805. The molecule has 4 heteroatoms. The highest BCUT2D eigenvalue weighted by Crippen LogP contribution is 2.21. The summed E-state index contributed by atoms with van der Waals surface area (Å²) in [6.45, 7) is 2.77. The van der Waals surface area contributed by atoms with Crippen LogP contribution in [0, 0.1) is 6.92 Å². The van der Waals surface area contributed by atoms with E-state index in [-0.39, 0.29) is 6.42 Å². The summed E-state index contributed by atoms with van der Waals surface area (Å²) < 4.78 is 1.04. The van der Waals surface area contributed by atoms with Crippen LogP contribution >= 0.6 is 15.9 Å². The van der Waals surface area contributed by atoms with E-state index >= 15 is 0 Å². The van der Waals surface area contributed by atoms with Crippen molar-refractivity contribution in [2.45, 2.75) is 19.9 Å². The second-order valence-electron chi connectivity index (χ2n) is 4.70. The van der Waals surface area contributed by atoms with E-state index < -0.39 is 5.97 Å². The molecule has 0 aliphatic carbocycles. The molecule has 0 unspecified atom stereocenters. The Morgan fingerprint density at radius 2 is 1.80 bits per heavy atom. The Morgan fingerprint density at radius 1 is 1.15 bits per heavy atom. The molecular weight excluding hydrogens is 318 g/mol. The summed E-state index contributed by atoms with van der Waals surface area (Å²) in [6, 6.07) is 13.8. The molecule has 0 aliphatic rings.